The topological polar surface area (TPSA) is 81.4 Å². The van der Waals surface area contributed by atoms with Crippen molar-refractivity contribution in [1.29, 1.82) is 0 Å². The maximum atomic E-state index is 12.4. The van der Waals surface area contributed by atoms with E-state index in [1.807, 2.05) is 6.07 Å². The van der Waals surface area contributed by atoms with E-state index in [0.29, 0.717) is 11.7 Å². The number of aryl methyl sites for hydroxylation is 1. The lowest BCUT2D eigenvalue weighted by molar-refractivity contribution is -0.118. The Morgan fingerprint density at radius 3 is 2.64 bits per heavy atom. The Hall–Kier alpha value is -2.82. The molecular formula is C20H22N2O3. The first-order valence-corrected chi connectivity index (χ1v) is 8.41. The quantitative estimate of drug-likeness (QED) is 0.814. The molecule has 5 nitrogen and oxygen atoms in total. The second-order valence-electron chi connectivity index (χ2n) is 6.44. The zero-order valence-electron chi connectivity index (χ0n) is 14.2. The molecule has 3 N–H and O–H groups in total. The van der Waals surface area contributed by atoms with Crippen LogP contribution in [0.25, 0.3) is 0 Å². The summed E-state index contributed by atoms with van der Waals surface area (Å²) in [4.78, 5) is 23.1. The van der Waals surface area contributed by atoms with E-state index in [4.69, 9.17) is 10.5 Å². The Kier molecular flexibility index (Phi) is 5.03. The van der Waals surface area contributed by atoms with E-state index in [1.54, 1.807) is 24.3 Å². The number of nitrogens with one attached hydrogen (secondary N) is 1. The number of nitrogens with two attached hydrogens (primary N) is 1. The number of primary amides is 1. The lowest BCUT2D eigenvalue weighted by atomic mass is 10.1. The van der Waals surface area contributed by atoms with Crippen LogP contribution in [0.15, 0.2) is 48.5 Å². The predicted octanol–water partition coefficient (Wildman–Crippen LogP) is 2.99. The van der Waals surface area contributed by atoms with Crippen LogP contribution < -0.4 is 15.8 Å². The van der Waals surface area contributed by atoms with Crippen molar-refractivity contribution in [2.24, 2.45) is 11.7 Å². The minimum atomic E-state index is -0.392. The third-order valence-electron chi connectivity index (χ3n) is 4.34. The van der Waals surface area contributed by atoms with Gasteiger partial charge >= 0.3 is 0 Å². The molecule has 0 saturated heterocycles. The number of hydrogen-bond donors (Lipinski definition) is 2. The molecule has 1 aliphatic rings. The molecular weight excluding hydrogens is 316 g/mol. The number of benzene rings is 2. The molecule has 1 saturated carbocycles. The van der Waals surface area contributed by atoms with Gasteiger partial charge in [0, 0.05) is 11.6 Å². The first-order chi connectivity index (χ1) is 12.0. The number of amides is 2. The van der Waals surface area contributed by atoms with E-state index in [-0.39, 0.29) is 24.9 Å². The summed E-state index contributed by atoms with van der Waals surface area (Å²) in [6.45, 7) is 2.31. The van der Waals surface area contributed by atoms with Crippen LogP contribution in [0.2, 0.25) is 0 Å². The van der Waals surface area contributed by atoms with Crippen LogP contribution in [-0.2, 0) is 9.59 Å². The highest BCUT2D eigenvalue weighted by Crippen LogP contribution is 2.48. The zero-order valence-corrected chi connectivity index (χ0v) is 14.2. The van der Waals surface area contributed by atoms with Crippen LogP contribution in [0, 0.1) is 12.8 Å². The summed E-state index contributed by atoms with van der Waals surface area (Å²) in [5.74, 6) is 0.651. The SMILES string of the molecule is Cc1cccc(C2CC2C(=O)Nc2ccc(OCCC(N)=O)cc2)c1. The fourth-order valence-electron chi connectivity index (χ4n) is 2.89. The minimum absolute atomic E-state index is 0.0355. The van der Waals surface area contributed by atoms with E-state index in [1.165, 1.54) is 11.1 Å². The minimum Gasteiger partial charge on any atom is -0.493 e. The molecule has 2 aromatic carbocycles. The third-order valence-corrected chi connectivity index (χ3v) is 4.34. The molecule has 1 fully saturated rings. The van der Waals surface area contributed by atoms with E-state index in [2.05, 4.69) is 30.4 Å². The summed E-state index contributed by atoms with van der Waals surface area (Å²) in [5.41, 5.74) is 8.26. The van der Waals surface area contributed by atoms with Gasteiger partial charge in [0.2, 0.25) is 11.8 Å². The summed E-state index contributed by atoms with van der Waals surface area (Å²) in [7, 11) is 0. The maximum absolute atomic E-state index is 12.4. The van der Waals surface area contributed by atoms with Crippen molar-refractivity contribution in [1.82, 2.24) is 0 Å². The van der Waals surface area contributed by atoms with Gasteiger partial charge in [-0.2, -0.15) is 0 Å². The molecule has 0 bridgehead atoms. The Balaban J connectivity index is 1.51. The molecule has 3 rings (SSSR count). The highest BCUT2D eigenvalue weighted by Gasteiger charge is 2.43. The van der Waals surface area contributed by atoms with Gasteiger partial charge in [0.1, 0.15) is 5.75 Å². The normalized spacial score (nSPS) is 18.4. The van der Waals surface area contributed by atoms with Crippen molar-refractivity contribution >= 4 is 17.5 Å². The molecule has 2 atom stereocenters. The van der Waals surface area contributed by atoms with Gasteiger partial charge in [0.15, 0.2) is 0 Å². The van der Waals surface area contributed by atoms with Gasteiger partial charge in [-0.05, 0) is 49.1 Å². The van der Waals surface area contributed by atoms with Gasteiger partial charge in [0.05, 0.1) is 13.0 Å². The fourth-order valence-corrected chi connectivity index (χ4v) is 2.89. The Labute approximate surface area is 147 Å². The van der Waals surface area contributed by atoms with Gasteiger partial charge in [-0.15, -0.1) is 0 Å². The first-order valence-electron chi connectivity index (χ1n) is 8.41. The molecule has 2 amide bonds. The third kappa shape index (κ3) is 4.59. The van der Waals surface area contributed by atoms with Crippen molar-refractivity contribution < 1.29 is 14.3 Å². The van der Waals surface area contributed by atoms with Crippen molar-refractivity contribution in [3.8, 4) is 5.75 Å². The fraction of sp³-hybridized carbons (Fsp3) is 0.300. The van der Waals surface area contributed by atoms with Crippen LogP contribution in [0.4, 0.5) is 5.69 Å². The summed E-state index contributed by atoms with van der Waals surface area (Å²) < 4.78 is 5.41. The Morgan fingerprint density at radius 1 is 1.20 bits per heavy atom. The Bertz CT molecular complexity index is 771. The molecule has 130 valence electrons. The van der Waals surface area contributed by atoms with Gasteiger partial charge in [-0.3, -0.25) is 9.59 Å². The second kappa shape index (κ2) is 7.38. The van der Waals surface area contributed by atoms with Crippen LogP contribution in [0.5, 0.6) is 5.75 Å². The monoisotopic (exact) mass is 338 g/mol. The molecule has 2 unspecified atom stereocenters. The average Bonchev–Trinajstić information content (AvgIpc) is 3.37. The van der Waals surface area contributed by atoms with E-state index >= 15 is 0 Å². The van der Waals surface area contributed by atoms with Crippen molar-refractivity contribution in [3.63, 3.8) is 0 Å². The van der Waals surface area contributed by atoms with Gasteiger partial charge in [-0.25, -0.2) is 0 Å². The predicted molar refractivity (Wildman–Crippen MR) is 96.4 cm³/mol. The standard InChI is InChI=1S/C20H22N2O3/c1-13-3-2-4-14(11-13)17-12-18(17)20(24)22-15-5-7-16(8-6-15)25-10-9-19(21)23/h2-8,11,17-18H,9-10,12H2,1H3,(H2,21,23)(H,22,24). The summed E-state index contributed by atoms with van der Waals surface area (Å²) in [6.07, 6.45) is 1.07. The largest absolute Gasteiger partial charge is 0.493 e. The molecule has 25 heavy (non-hydrogen) atoms. The molecule has 2 aromatic rings. The number of ether oxygens (including phenoxy) is 1. The summed E-state index contributed by atoms with van der Waals surface area (Å²) in [6, 6.07) is 15.5. The maximum Gasteiger partial charge on any atom is 0.228 e. The van der Waals surface area contributed by atoms with Crippen LogP contribution in [-0.4, -0.2) is 18.4 Å². The molecule has 1 aliphatic carbocycles. The van der Waals surface area contributed by atoms with Gasteiger partial charge < -0.3 is 15.8 Å². The van der Waals surface area contributed by atoms with Crippen LogP contribution >= 0.6 is 0 Å². The molecule has 5 heteroatoms. The van der Waals surface area contributed by atoms with E-state index in [0.717, 1.165) is 12.1 Å². The number of carbonyl (C=O) groups is 2. The highest BCUT2D eigenvalue weighted by molar-refractivity contribution is 5.95. The van der Waals surface area contributed by atoms with Crippen molar-refractivity contribution in [2.45, 2.75) is 25.7 Å². The van der Waals surface area contributed by atoms with E-state index in [9.17, 15) is 9.59 Å². The molecule has 0 aliphatic heterocycles. The molecule has 0 heterocycles. The zero-order chi connectivity index (χ0) is 17.8. The number of carbonyl (C=O) groups excluding carboxylic acids is 2. The van der Waals surface area contributed by atoms with Crippen molar-refractivity contribution in [3.05, 3.63) is 59.7 Å². The lowest BCUT2D eigenvalue weighted by Crippen LogP contribution is -2.15. The lowest BCUT2D eigenvalue weighted by Gasteiger charge is -2.08. The summed E-state index contributed by atoms with van der Waals surface area (Å²) in [5, 5.41) is 2.95. The Morgan fingerprint density at radius 2 is 1.96 bits per heavy atom. The van der Waals surface area contributed by atoms with E-state index < -0.39 is 5.91 Å². The average molecular weight is 338 g/mol. The van der Waals surface area contributed by atoms with Gasteiger partial charge in [-0.1, -0.05) is 29.8 Å². The number of rotatable bonds is 7. The molecule has 0 aromatic heterocycles. The van der Waals surface area contributed by atoms with Crippen LogP contribution in [0.3, 0.4) is 0 Å². The molecule has 0 radical (unpaired) electrons. The number of hydrogen-bond acceptors (Lipinski definition) is 3. The second-order valence-corrected chi connectivity index (χ2v) is 6.44. The summed E-state index contributed by atoms with van der Waals surface area (Å²) >= 11 is 0. The van der Waals surface area contributed by atoms with Gasteiger partial charge in [0.25, 0.3) is 0 Å². The van der Waals surface area contributed by atoms with Crippen molar-refractivity contribution in [2.75, 3.05) is 11.9 Å². The van der Waals surface area contributed by atoms with Crippen LogP contribution in [0.1, 0.15) is 29.9 Å². The highest BCUT2D eigenvalue weighted by atomic mass is 16.5. The number of anilines is 1. The smallest absolute Gasteiger partial charge is 0.228 e. The first kappa shape index (κ1) is 17.0. The molecule has 0 spiro atoms.